The quantitative estimate of drug-likeness (QED) is 0.0652. The van der Waals surface area contributed by atoms with Crippen LogP contribution in [-0.2, 0) is 20.8 Å². The molecule has 0 aliphatic heterocycles. The van der Waals surface area contributed by atoms with Crippen molar-refractivity contribution in [3.8, 4) is 0 Å². The Bertz CT molecular complexity index is 566. The van der Waals surface area contributed by atoms with Crippen LogP contribution in [0.5, 0.6) is 0 Å². The first-order valence-electron chi connectivity index (χ1n) is 12.1. The molecule has 10 heteroatoms. The van der Waals surface area contributed by atoms with Gasteiger partial charge in [-0.05, 0) is 31.4 Å². The van der Waals surface area contributed by atoms with Crippen LogP contribution in [-0.4, -0.2) is 65.1 Å². The summed E-state index contributed by atoms with van der Waals surface area (Å²) >= 11 is 0. The van der Waals surface area contributed by atoms with Crippen molar-refractivity contribution in [2.24, 2.45) is 5.73 Å². The molecule has 1 atom stereocenters. The number of ether oxygens (including phenoxy) is 1. The minimum Gasteiger partial charge on any atom is -0.368 e. The number of nitrogens with two attached hydrogens (primary N) is 1. The standard InChI is InChI=1S/C23H45N7O3/c1-2-3-14-33-30-13-9-5-8-12-25-17-26-18-28-23(15-21-10-6-4-7-11-21)29-19-27-20-32-16-22(24)31/h4,6-7,10-11,23,25-30H,2-3,5,8-9,12-20H2,1H3,(H2,24,31). The van der Waals surface area contributed by atoms with Crippen molar-refractivity contribution in [3.05, 3.63) is 35.9 Å². The van der Waals surface area contributed by atoms with Gasteiger partial charge in [0.05, 0.1) is 19.5 Å². The molecular weight excluding hydrogens is 422 g/mol. The molecule has 1 amide bonds. The van der Waals surface area contributed by atoms with E-state index in [9.17, 15) is 4.79 Å². The SMILES string of the molecule is CCCCONCCCCCNCNCNC(Cc1ccccc1)NCNCOCC(N)=O. The van der Waals surface area contributed by atoms with Crippen LogP contribution in [0.1, 0.15) is 44.6 Å². The van der Waals surface area contributed by atoms with Gasteiger partial charge in [-0.25, -0.2) is 5.48 Å². The number of nitrogens with one attached hydrogen (secondary N) is 6. The Balaban J connectivity index is 2.06. The summed E-state index contributed by atoms with van der Waals surface area (Å²) in [6.45, 7) is 7.00. The fourth-order valence-corrected chi connectivity index (χ4v) is 2.96. The number of hydroxylamine groups is 1. The lowest BCUT2D eigenvalue weighted by atomic mass is 10.1. The Kier molecular flexibility index (Phi) is 19.8. The molecule has 1 aromatic carbocycles. The lowest BCUT2D eigenvalue weighted by molar-refractivity contribution is -0.122. The molecule has 1 rings (SSSR count). The fourth-order valence-electron chi connectivity index (χ4n) is 2.96. The summed E-state index contributed by atoms with van der Waals surface area (Å²) in [5, 5.41) is 16.7. The summed E-state index contributed by atoms with van der Waals surface area (Å²) in [5.74, 6) is -0.475. The molecule has 0 radical (unpaired) electrons. The first kappa shape index (κ1) is 29.4. The molecule has 1 aromatic rings. The Labute approximate surface area is 199 Å². The largest absolute Gasteiger partial charge is 0.368 e. The van der Waals surface area contributed by atoms with Gasteiger partial charge in [0.15, 0.2) is 0 Å². The molecule has 33 heavy (non-hydrogen) atoms. The van der Waals surface area contributed by atoms with E-state index in [1.807, 2.05) is 18.2 Å². The van der Waals surface area contributed by atoms with E-state index >= 15 is 0 Å². The van der Waals surface area contributed by atoms with Crippen molar-refractivity contribution in [2.75, 3.05) is 53.0 Å². The van der Waals surface area contributed by atoms with Crippen molar-refractivity contribution in [2.45, 2.75) is 51.6 Å². The average molecular weight is 468 g/mol. The smallest absolute Gasteiger partial charge is 0.243 e. The summed E-state index contributed by atoms with van der Waals surface area (Å²) in [7, 11) is 0. The monoisotopic (exact) mass is 467 g/mol. The Morgan fingerprint density at radius 2 is 1.70 bits per heavy atom. The second kappa shape index (κ2) is 22.2. The predicted octanol–water partition coefficient (Wildman–Crippen LogP) is 0.327. The predicted molar refractivity (Wildman–Crippen MR) is 132 cm³/mol. The summed E-state index contributed by atoms with van der Waals surface area (Å²) in [5.41, 5.74) is 9.31. The number of rotatable bonds is 24. The number of hydrogen-bond donors (Lipinski definition) is 7. The van der Waals surface area contributed by atoms with Gasteiger partial charge in [0.2, 0.25) is 5.91 Å². The van der Waals surface area contributed by atoms with Crippen LogP contribution in [0, 0.1) is 0 Å². The van der Waals surface area contributed by atoms with Crippen molar-refractivity contribution < 1.29 is 14.4 Å². The van der Waals surface area contributed by atoms with Crippen LogP contribution >= 0.6 is 0 Å². The van der Waals surface area contributed by atoms with E-state index in [2.05, 4.69) is 51.1 Å². The molecule has 0 bridgehead atoms. The third-order valence-electron chi connectivity index (χ3n) is 4.76. The molecule has 0 aliphatic carbocycles. The maximum Gasteiger partial charge on any atom is 0.243 e. The van der Waals surface area contributed by atoms with Crippen molar-refractivity contribution in [1.29, 1.82) is 0 Å². The Hall–Kier alpha value is -1.63. The van der Waals surface area contributed by atoms with Gasteiger partial charge >= 0.3 is 0 Å². The molecule has 10 nitrogen and oxygen atoms in total. The fraction of sp³-hybridized carbons (Fsp3) is 0.696. The highest BCUT2D eigenvalue weighted by molar-refractivity contribution is 5.74. The minimum absolute atomic E-state index is 0.0792. The van der Waals surface area contributed by atoms with E-state index in [1.165, 1.54) is 12.0 Å². The molecule has 0 saturated heterocycles. The molecule has 1 unspecified atom stereocenters. The lowest BCUT2D eigenvalue weighted by Gasteiger charge is -2.21. The van der Waals surface area contributed by atoms with Gasteiger partial charge in [0.25, 0.3) is 0 Å². The van der Waals surface area contributed by atoms with Gasteiger partial charge in [0.1, 0.15) is 6.61 Å². The van der Waals surface area contributed by atoms with Crippen LogP contribution in [0.3, 0.4) is 0 Å². The van der Waals surface area contributed by atoms with Gasteiger partial charge in [0, 0.05) is 33.0 Å². The van der Waals surface area contributed by atoms with E-state index < -0.39 is 5.91 Å². The molecule has 190 valence electrons. The van der Waals surface area contributed by atoms with Crippen molar-refractivity contribution in [3.63, 3.8) is 0 Å². The maximum absolute atomic E-state index is 10.7. The summed E-state index contributed by atoms with van der Waals surface area (Å²) in [6, 6.07) is 10.3. The Morgan fingerprint density at radius 3 is 2.45 bits per heavy atom. The first-order valence-corrected chi connectivity index (χ1v) is 12.1. The highest BCUT2D eigenvalue weighted by Crippen LogP contribution is 2.01. The zero-order chi connectivity index (χ0) is 23.8. The molecular formula is C23H45N7O3. The lowest BCUT2D eigenvalue weighted by Crippen LogP contribution is -2.51. The van der Waals surface area contributed by atoms with E-state index in [4.69, 9.17) is 15.3 Å². The van der Waals surface area contributed by atoms with Crippen LogP contribution in [0.2, 0.25) is 0 Å². The third-order valence-corrected chi connectivity index (χ3v) is 4.76. The van der Waals surface area contributed by atoms with Crippen LogP contribution in [0.15, 0.2) is 30.3 Å². The van der Waals surface area contributed by atoms with Crippen molar-refractivity contribution in [1.82, 2.24) is 32.1 Å². The molecule has 0 heterocycles. The van der Waals surface area contributed by atoms with Crippen molar-refractivity contribution >= 4 is 5.91 Å². The molecule has 0 aliphatic rings. The number of amides is 1. The Morgan fingerprint density at radius 1 is 0.939 bits per heavy atom. The number of hydrogen-bond acceptors (Lipinski definition) is 9. The van der Waals surface area contributed by atoms with Gasteiger partial charge < -0.3 is 20.6 Å². The highest BCUT2D eigenvalue weighted by Gasteiger charge is 2.07. The topological polar surface area (TPSA) is 134 Å². The second-order valence-electron chi connectivity index (χ2n) is 7.80. The second-order valence-corrected chi connectivity index (χ2v) is 7.80. The van der Waals surface area contributed by atoms with Gasteiger partial charge in [-0.3, -0.25) is 26.1 Å². The van der Waals surface area contributed by atoms with Crippen LogP contribution < -0.4 is 37.8 Å². The van der Waals surface area contributed by atoms with E-state index in [0.29, 0.717) is 13.3 Å². The highest BCUT2D eigenvalue weighted by atomic mass is 16.6. The van der Waals surface area contributed by atoms with Crippen LogP contribution in [0.25, 0.3) is 0 Å². The van der Waals surface area contributed by atoms with E-state index in [-0.39, 0.29) is 19.5 Å². The summed E-state index contributed by atoms with van der Waals surface area (Å²) in [6.07, 6.45) is 6.63. The zero-order valence-electron chi connectivity index (χ0n) is 20.2. The number of carbonyl (C=O) groups excluding carboxylic acids is 1. The normalized spacial score (nSPS) is 12.2. The van der Waals surface area contributed by atoms with Crippen LogP contribution in [0.4, 0.5) is 0 Å². The molecule has 0 saturated carbocycles. The van der Waals surface area contributed by atoms with Gasteiger partial charge in [-0.1, -0.05) is 50.1 Å². The van der Waals surface area contributed by atoms with E-state index in [1.54, 1.807) is 0 Å². The molecule has 0 spiro atoms. The molecule has 0 aromatic heterocycles. The number of benzene rings is 1. The minimum atomic E-state index is -0.475. The summed E-state index contributed by atoms with van der Waals surface area (Å²) in [4.78, 5) is 16.0. The molecule has 8 N–H and O–H groups in total. The van der Waals surface area contributed by atoms with Gasteiger partial charge in [-0.2, -0.15) is 0 Å². The zero-order valence-corrected chi connectivity index (χ0v) is 20.2. The van der Waals surface area contributed by atoms with E-state index in [0.717, 1.165) is 58.5 Å². The number of unbranched alkanes of at least 4 members (excludes halogenated alkanes) is 3. The average Bonchev–Trinajstić information content (AvgIpc) is 2.81. The first-order chi connectivity index (χ1) is 16.2. The number of carbonyl (C=O) groups is 1. The maximum atomic E-state index is 10.7. The molecule has 0 fully saturated rings. The third kappa shape index (κ3) is 19.5. The summed E-state index contributed by atoms with van der Waals surface area (Å²) < 4.78 is 5.11. The van der Waals surface area contributed by atoms with Gasteiger partial charge in [-0.15, -0.1) is 0 Å². The number of primary amides is 1.